The largest absolute Gasteiger partial charge is 0.352 e. The van der Waals surface area contributed by atoms with Gasteiger partial charge in [-0.25, -0.2) is 0 Å². The molecule has 3 aromatic rings. The summed E-state index contributed by atoms with van der Waals surface area (Å²) in [5.41, 5.74) is 3.41. The maximum Gasteiger partial charge on any atom is 0.230 e. The third kappa shape index (κ3) is 4.48. The SMILES string of the molecule is CC(C)n1ncc2c1CC(NC(=O)CSc1nncn1-c1cccc(Cl)c1)CC2. The summed E-state index contributed by atoms with van der Waals surface area (Å²) in [6.07, 6.45) is 6.30. The van der Waals surface area contributed by atoms with Crippen molar-refractivity contribution in [3.05, 3.63) is 53.1 Å². The number of nitrogens with one attached hydrogen (secondary N) is 1. The molecule has 0 fully saturated rings. The van der Waals surface area contributed by atoms with E-state index in [2.05, 4.69) is 39.1 Å². The maximum atomic E-state index is 12.5. The lowest BCUT2D eigenvalue weighted by atomic mass is 9.93. The van der Waals surface area contributed by atoms with E-state index in [0.717, 1.165) is 24.9 Å². The van der Waals surface area contributed by atoms with E-state index in [4.69, 9.17) is 11.6 Å². The van der Waals surface area contributed by atoms with Gasteiger partial charge in [-0.2, -0.15) is 5.10 Å². The highest BCUT2D eigenvalue weighted by atomic mass is 35.5. The molecule has 9 heteroatoms. The Morgan fingerprint density at radius 1 is 1.41 bits per heavy atom. The number of hydrogen-bond acceptors (Lipinski definition) is 5. The van der Waals surface area contributed by atoms with Crippen LogP contribution in [0.15, 0.2) is 41.9 Å². The minimum atomic E-state index is -0.000272. The summed E-state index contributed by atoms with van der Waals surface area (Å²) >= 11 is 7.44. The third-order valence-corrected chi connectivity index (χ3v) is 6.15. The highest BCUT2D eigenvalue weighted by Crippen LogP contribution is 2.25. The van der Waals surface area contributed by atoms with Crippen LogP contribution in [0.2, 0.25) is 5.02 Å². The molecule has 0 aliphatic heterocycles. The number of rotatable bonds is 6. The highest BCUT2D eigenvalue weighted by Gasteiger charge is 2.24. The zero-order valence-corrected chi connectivity index (χ0v) is 18.0. The molecule has 1 amide bonds. The number of carbonyl (C=O) groups excluding carboxylic acids is 1. The van der Waals surface area contributed by atoms with Crippen LogP contribution in [-0.4, -0.2) is 42.2 Å². The number of amides is 1. The lowest BCUT2D eigenvalue weighted by Gasteiger charge is -2.25. The number of halogens is 1. The van der Waals surface area contributed by atoms with Crippen LogP contribution in [0.1, 0.15) is 37.6 Å². The summed E-state index contributed by atoms with van der Waals surface area (Å²) in [7, 11) is 0. The van der Waals surface area contributed by atoms with Crippen LogP contribution in [0.5, 0.6) is 0 Å². The van der Waals surface area contributed by atoms with Crippen molar-refractivity contribution >= 4 is 29.3 Å². The van der Waals surface area contributed by atoms with Gasteiger partial charge in [0.2, 0.25) is 5.91 Å². The Kier molecular flexibility index (Phi) is 5.91. The van der Waals surface area contributed by atoms with Crippen LogP contribution in [0.3, 0.4) is 0 Å². The van der Waals surface area contributed by atoms with Crippen molar-refractivity contribution < 1.29 is 4.79 Å². The number of thioether (sulfide) groups is 1. The summed E-state index contributed by atoms with van der Waals surface area (Å²) < 4.78 is 3.90. The van der Waals surface area contributed by atoms with Crippen LogP contribution in [-0.2, 0) is 17.6 Å². The molecule has 152 valence electrons. The molecular weight excluding hydrogens is 408 g/mol. The number of aryl methyl sites for hydroxylation is 1. The average molecular weight is 431 g/mol. The molecule has 1 aliphatic rings. The summed E-state index contributed by atoms with van der Waals surface area (Å²) in [4.78, 5) is 12.5. The molecule has 2 heterocycles. The minimum absolute atomic E-state index is 0.000272. The Bertz CT molecular complexity index is 1010. The molecule has 1 aromatic carbocycles. The number of carbonyl (C=O) groups is 1. The van der Waals surface area contributed by atoms with Crippen molar-refractivity contribution in [2.24, 2.45) is 0 Å². The molecule has 0 saturated carbocycles. The van der Waals surface area contributed by atoms with Crippen LogP contribution >= 0.6 is 23.4 Å². The summed E-state index contributed by atoms with van der Waals surface area (Å²) in [6.45, 7) is 4.25. The van der Waals surface area contributed by atoms with Gasteiger partial charge < -0.3 is 5.32 Å². The van der Waals surface area contributed by atoms with Crippen molar-refractivity contribution in [2.75, 3.05) is 5.75 Å². The number of benzene rings is 1. The first-order valence-corrected chi connectivity index (χ1v) is 11.0. The molecule has 0 bridgehead atoms. The van der Waals surface area contributed by atoms with Crippen LogP contribution in [0.4, 0.5) is 0 Å². The standard InChI is InChI=1S/C20H23ClN6OS/c1-13(2)27-18-9-16(7-6-14(18)10-23-27)24-19(28)11-29-20-25-22-12-26(20)17-5-3-4-15(21)8-17/h3-5,8,10,12-13,16H,6-7,9,11H2,1-2H3,(H,24,28). The molecule has 1 N–H and O–H groups in total. The molecule has 0 saturated heterocycles. The van der Waals surface area contributed by atoms with Gasteiger partial charge in [-0.1, -0.05) is 29.4 Å². The van der Waals surface area contributed by atoms with Crippen LogP contribution in [0.25, 0.3) is 5.69 Å². The molecule has 1 unspecified atom stereocenters. The fourth-order valence-electron chi connectivity index (χ4n) is 3.62. The number of nitrogens with zero attached hydrogens (tertiary/aromatic N) is 5. The van der Waals surface area contributed by atoms with Gasteiger partial charge in [-0.15, -0.1) is 10.2 Å². The summed E-state index contributed by atoms with van der Waals surface area (Å²) in [6, 6.07) is 7.91. The topological polar surface area (TPSA) is 77.6 Å². The van der Waals surface area contributed by atoms with E-state index < -0.39 is 0 Å². The van der Waals surface area contributed by atoms with Gasteiger partial charge in [0.1, 0.15) is 6.33 Å². The van der Waals surface area contributed by atoms with Crippen LogP contribution in [0, 0.1) is 0 Å². The van der Waals surface area contributed by atoms with Crippen molar-refractivity contribution in [2.45, 2.75) is 50.4 Å². The molecule has 1 aliphatic carbocycles. The molecule has 29 heavy (non-hydrogen) atoms. The lowest BCUT2D eigenvalue weighted by molar-refractivity contribution is -0.119. The second-order valence-electron chi connectivity index (χ2n) is 7.41. The quantitative estimate of drug-likeness (QED) is 0.606. The summed E-state index contributed by atoms with van der Waals surface area (Å²) in [5.74, 6) is 0.284. The van der Waals surface area contributed by atoms with Crippen molar-refractivity contribution in [1.82, 2.24) is 29.9 Å². The Morgan fingerprint density at radius 2 is 2.28 bits per heavy atom. The van der Waals surface area contributed by atoms with Gasteiger partial charge in [0.05, 0.1) is 17.6 Å². The Balaban J connectivity index is 1.36. The van der Waals surface area contributed by atoms with Crippen molar-refractivity contribution in [1.29, 1.82) is 0 Å². The first-order valence-electron chi connectivity index (χ1n) is 9.64. The Morgan fingerprint density at radius 3 is 3.07 bits per heavy atom. The predicted molar refractivity (Wildman–Crippen MR) is 114 cm³/mol. The Labute approximate surface area is 178 Å². The smallest absolute Gasteiger partial charge is 0.230 e. The van der Waals surface area contributed by atoms with E-state index in [1.165, 1.54) is 23.0 Å². The molecule has 1 atom stereocenters. The van der Waals surface area contributed by atoms with Crippen molar-refractivity contribution in [3.63, 3.8) is 0 Å². The molecule has 4 rings (SSSR count). The predicted octanol–water partition coefficient (Wildman–Crippen LogP) is 3.46. The van der Waals surface area contributed by atoms with Gasteiger partial charge in [0.15, 0.2) is 5.16 Å². The van der Waals surface area contributed by atoms with E-state index in [-0.39, 0.29) is 17.7 Å². The van der Waals surface area contributed by atoms with Gasteiger partial charge in [-0.05, 0) is 50.5 Å². The zero-order chi connectivity index (χ0) is 20.4. The number of fused-ring (bicyclic) bond motifs is 1. The van der Waals surface area contributed by atoms with E-state index in [1.807, 2.05) is 35.0 Å². The summed E-state index contributed by atoms with van der Waals surface area (Å²) in [5, 5.41) is 17.1. The zero-order valence-electron chi connectivity index (χ0n) is 16.4. The van der Waals surface area contributed by atoms with E-state index in [0.29, 0.717) is 16.2 Å². The van der Waals surface area contributed by atoms with E-state index in [1.54, 1.807) is 6.33 Å². The van der Waals surface area contributed by atoms with E-state index >= 15 is 0 Å². The highest BCUT2D eigenvalue weighted by molar-refractivity contribution is 7.99. The van der Waals surface area contributed by atoms with E-state index in [9.17, 15) is 4.79 Å². The fourth-order valence-corrected chi connectivity index (χ4v) is 4.54. The van der Waals surface area contributed by atoms with Gasteiger partial charge >= 0.3 is 0 Å². The average Bonchev–Trinajstić information content (AvgIpc) is 3.33. The fraction of sp³-hybridized carbons (Fsp3) is 0.400. The van der Waals surface area contributed by atoms with Crippen LogP contribution < -0.4 is 5.32 Å². The van der Waals surface area contributed by atoms with Gasteiger partial charge in [0, 0.05) is 29.2 Å². The first kappa shape index (κ1) is 20.0. The molecular formula is C20H23ClN6OS. The molecule has 0 radical (unpaired) electrons. The van der Waals surface area contributed by atoms with Gasteiger partial charge in [0.25, 0.3) is 0 Å². The lowest BCUT2D eigenvalue weighted by Crippen LogP contribution is -2.40. The molecule has 2 aromatic heterocycles. The second kappa shape index (κ2) is 8.59. The second-order valence-corrected chi connectivity index (χ2v) is 8.79. The van der Waals surface area contributed by atoms with Gasteiger partial charge in [-0.3, -0.25) is 14.0 Å². The monoisotopic (exact) mass is 430 g/mol. The minimum Gasteiger partial charge on any atom is -0.352 e. The molecule has 7 nitrogen and oxygen atoms in total. The number of aromatic nitrogens is 5. The van der Waals surface area contributed by atoms with Crippen molar-refractivity contribution in [3.8, 4) is 5.69 Å². The first-order chi connectivity index (χ1) is 14.0. The normalized spacial score (nSPS) is 16.1. The Hall–Kier alpha value is -2.32. The maximum absolute atomic E-state index is 12.5. The third-order valence-electron chi connectivity index (χ3n) is 4.98. The molecule has 0 spiro atoms. The number of hydrogen-bond donors (Lipinski definition) is 1.